The molecule has 0 aliphatic carbocycles. The van der Waals surface area contributed by atoms with E-state index in [1.807, 2.05) is 18.4 Å². The third kappa shape index (κ3) is 1.93. The molecular weight excluding hydrogens is 132 g/mol. The van der Waals surface area contributed by atoms with E-state index < -0.39 is 0 Å². The van der Waals surface area contributed by atoms with Crippen molar-refractivity contribution in [2.75, 3.05) is 0 Å². The lowest BCUT2D eigenvalue weighted by molar-refractivity contribution is 1.04. The lowest BCUT2D eigenvalue weighted by Gasteiger charge is -1.80. The SMILES string of the molecule is CC=CCc1csnn1. The highest BCUT2D eigenvalue weighted by Crippen LogP contribution is 1.97. The second-order valence-electron chi connectivity index (χ2n) is 1.67. The number of hydrogen-bond donors (Lipinski definition) is 0. The van der Waals surface area contributed by atoms with Gasteiger partial charge in [0, 0.05) is 11.8 Å². The van der Waals surface area contributed by atoms with E-state index in [0.717, 1.165) is 12.1 Å². The third-order valence-corrected chi connectivity index (χ3v) is 1.52. The Hall–Kier alpha value is -0.700. The van der Waals surface area contributed by atoms with Crippen LogP contribution in [0.2, 0.25) is 0 Å². The second kappa shape index (κ2) is 3.35. The summed E-state index contributed by atoms with van der Waals surface area (Å²) in [6, 6.07) is 0. The molecule has 0 atom stereocenters. The summed E-state index contributed by atoms with van der Waals surface area (Å²) in [5.41, 5.74) is 1.05. The van der Waals surface area contributed by atoms with Crippen LogP contribution in [0.4, 0.5) is 0 Å². The first kappa shape index (κ1) is 6.42. The topological polar surface area (TPSA) is 25.8 Å². The lowest BCUT2D eigenvalue weighted by Crippen LogP contribution is -1.78. The highest BCUT2D eigenvalue weighted by molar-refractivity contribution is 7.03. The molecule has 1 heterocycles. The maximum absolute atomic E-state index is 3.87. The molecular formula is C6H8N2S. The fourth-order valence-corrected chi connectivity index (χ4v) is 0.976. The van der Waals surface area contributed by atoms with Crippen LogP contribution in [0, 0.1) is 0 Å². The zero-order valence-electron chi connectivity index (χ0n) is 5.24. The largest absolute Gasteiger partial charge is 0.143 e. The van der Waals surface area contributed by atoms with E-state index >= 15 is 0 Å². The summed E-state index contributed by atoms with van der Waals surface area (Å²) in [7, 11) is 0. The number of hydrogen-bond acceptors (Lipinski definition) is 3. The standard InChI is InChI=1S/C6H8N2S/c1-2-3-4-6-5-9-8-7-6/h2-3,5H,4H2,1H3. The minimum Gasteiger partial charge on any atom is -0.143 e. The summed E-state index contributed by atoms with van der Waals surface area (Å²) < 4.78 is 3.73. The molecule has 0 amide bonds. The normalized spacial score (nSPS) is 10.8. The zero-order valence-corrected chi connectivity index (χ0v) is 6.06. The lowest BCUT2D eigenvalue weighted by atomic mass is 10.3. The van der Waals surface area contributed by atoms with Crippen LogP contribution in [0.5, 0.6) is 0 Å². The summed E-state index contributed by atoms with van der Waals surface area (Å²) in [5, 5.41) is 5.83. The molecule has 9 heavy (non-hydrogen) atoms. The van der Waals surface area contributed by atoms with Crippen LogP contribution in [0.25, 0.3) is 0 Å². The predicted molar refractivity (Wildman–Crippen MR) is 38.4 cm³/mol. The molecule has 0 aromatic carbocycles. The first-order valence-corrected chi connectivity index (χ1v) is 3.64. The average molecular weight is 140 g/mol. The highest BCUT2D eigenvalue weighted by Gasteiger charge is 1.88. The predicted octanol–water partition coefficient (Wildman–Crippen LogP) is 1.66. The Bertz CT molecular complexity index is 179. The van der Waals surface area contributed by atoms with Crippen LogP contribution in [-0.2, 0) is 6.42 Å². The van der Waals surface area contributed by atoms with Crippen molar-refractivity contribution in [3.63, 3.8) is 0 Å². The van der Waals surface area contributed by atoms with Crippen LogP contribution in [-0.4, -0.2) is 9.59 Å². The summed E-state index contributed by atoms with van der Waals surface area (Å²) >= 11 is 1.40. The van der Waals surface area contributed by atoms with Crippen molar-refractivity contribution in [3.8, 4) is 0 Å². The molecule has 2 nitrogen and oxygen atoms in total. The molecule has 1 aromatic rings. The van der Waals surface area contributed by atoms with Crippen molar-refractivity contribution in [3.05, 3.63) is 23.2 Å². The van der Waals surface area contributed by atoms with E-state index in [4.69, 9.17) is 0 Å². The quantitative estimate of drug-likeness (QED) is 0.584. The number of allylic oxidation sites excluding steroid dienone is 2. The van der Waals surface area contributed by atoms with Gasteiger partial charge in [0.2, 0.25) is 0 Å². The number of aromatic nitrogens is 2. The van der Waals surface area contributed by atoms with Gasteiger partial charge in [0.25, 0.3) is 0 Å². The Morgan fingerprint density at radius 2 is 2.67 bits per heavy atom. The zero-order chi connectivity index (χ0) is 6.53. The number of nitrogens with zero attached hydrogens (tertiary/aromatic N) is 2. The molecule has 0 bridgehead atoms. The van der Waals surface area contributed by atoms with E-state index in [-0.39, 0.29) is 0 Å². The van der Waals surface area contributed by atoms with E-state index in [0.29, 0.717) is 0 Å². The summed E-state index contributed by atoms with van der Waals surface area (Å²) in [6.07, 6.45) is 4.99. The molecule has 0 N–H and O–H groups in total. The summed E-state index contributed by atoms with van der Waals surface area (Å²) in [6.45, 7) is 2.00. The van der Waals surface area contributed by atoms with Crippen molar-refractivity contribution in [1.29, 1.82) is 0 Å². The first-order chi connectivity index (χ1) is 4.43. The fraction of sp³-hybridized carbons (Fsp3) is 0.333. The fourth-order valence-electron chi connectivity index (χ4n) is 0.512. The van der Waals surface area contributed by atoms with Crippen LogP contribution < -0.4 is 0 Å². The van der Waals surface area contributed by atoms with Gasteiger partial charge < -0.3 is 0 Å². The van der Waals surface area contributed by atoms with Crippen molar-refractivity contribution < 1.29 is 0 Å². The molecule has 0 radical (unpaired) electrons. The van der Waals surface area contributed by atoms with Gasteiger partial charge in [-0.25, -0.2) is 0 Å². The number of rotatable bonds is 2. The van der Waals surface area contributed by atoms with Crippen molar-refractivity contribution in [2.45, 2.75) is 13.3 Å². The first-order valence-electron chi connectivity index (χ1n) is 2.80. The van der Waals surface area contributed by atoms with Crippen molar-refractivity contribution in [1.82, 2.24) is 9.59 Å². The smallest absolute Gasteiger partial charge is 0.0793 e. The maximum Gasteiger partial charge on any atom is 0.0793 e. The second-order valence-corrected chi connectivity index (χ2v) is 2.28. The van der Waals surface area contributed by atoms with Crippen LogP contribution >= 0.6 is 11.5 Å². The highest BCUT2D eigenvalue weighted by atomic mass is 32.1. The van der Waals surface area contributed by atoms with Gasteiger partial charge >= 0.3 is 0 Å². The molecule has 1 rings (SSSR count). The van der Waals surface area contributed by atoms with E-state index in [2.05, 4.69) is 15.7 Å². The molecule has 48 valence electrons. The van der Waals surface area contributed by atoms with Gasteiger partial charge in [-0.05, 0) is 18.5 Å². The van der Waals surface area contributed by atoms with Gasteiger partial charge in [-0.15, -0.1) is 5.10 Å². The van der Waals surface area contributed by atoms with Gasteiger partial charge in [0.15, 0.2) is 0 Å². The van der Waals surface area contributed by atoms with E-state index in [9.17, 15) is 0 Å². The van der Waals surface area contributed by atoms with Crippen LogP contribution in [0.15, 0.2) is 17.5 Å². The Balaban J connectivity index is 2.48. The molecule has 0 fully saturated rings. The van der Waals surface area contributed by atoms with E-state index in [1.54, 1.807) is 0 Å². The Morgan fingerprint density at radius 1 is 1.78 bits per heavy atom. The Morgan fingerprint density at radius 3 is 3.22 bits per heavy atom. The van der Waals surface area contributed by atoms with Gasteiger partial charge in [-0.3, -0.25) is 0 Å². The maximum atomic E-state index is 3.87. The van der Waals surface area contributed by atoms with Crippen molar-refractivity contribution >= 4 is 11.5 Å². The Kier molecular flexibility index (Phi) is 2.39. The summed E-state index contributed by atoms with van der Waals surface area (Å²) in [4.78, 5) is 0. The molecule has 1 aromatic heterocycles. The minimum atomic E-state index is 0.910. The molecule has 0 aliphatic rings. The van der Waals surface area contributed by atoms with E-state index in [1.165, 1.54) is 11.5 Å². The van der Waals surface area contributed by atoms with Gasteiger partial charge in [-0.2, -0.15) is 0 Å². The minimum absolute atomic E-state index is 0.910. The molecule has 3 heteroatoms. The molecule has 0 saturated carbocycles. The van der Waals surface area contributed by atoms with Gasteiger partial charge in [-0.1, -0.05) is 16.6 Å². The van der Waals surface area contributed by atoms with Gasteiger partial charge in [0.05, 0.1) is 5.69 Å². The summed E-state index contributed by atoms with van der Waals surface area (Å²) in [5.74, 6) is 0. The average Bonchev–Trinajstić information content (AvgIpc) is 2.34. The van der Waals surface area contributed by atoms with Gasteiger partial charge in [0.1, 0.15) is 0 Å². The van der Waals surface area contributed by atoms with Crippen LogP contribution in [0.3, 0.4) is 0 Å². The third-order valence-electron chi connectivity index (χ3n) is 0.968. The van der Waals surface area contributed by atoms with Crippen molar-refractivity contribution in [2.24, 2.45) is 0 Å². The van der Waals surface area contributed by atoms with Crippen LogP contribution in [0.1, 0.15) is 12.6 Å². The molecule has 0 unspecified atom stereocenters. The monoisotopic (exact) mass is 140 g/mol. The Labute approximate surface area is 58.4 Å². The molecule has 0 spiro atoms. The molecule has 0 aliphatic heterocycles. The molecule has 0 saturated heterocycles.